The number of benzene rings is 2. The monoisotopic (exact) mass is 674 g/mol. The highest BCUT2D eigenvalue weighted by Crippen LogP contribution is 2.60. The lowest BCUT2D eigenvalue weighted by Gasteiger charge is -2.60. The van der Waals surface area contributed by atoms with Gasteiger partial charge in [0.05, 0.1) is 32.2 Å². The van der Waals surface area contributed by atoms with E-state index in [1.54, 1.807) is 7.11 Å². The Kier molecular flexibility index (Phi) is 10.9. The van der Waals surface area contributed by atoms with Gasteiger partial charge in [0.2, 0.25) is 5.91 Å². The number of carbonyl (C=O) groups excluding carboxylic acids is 3. The van der Waals surface area contributed by atoms with Crippen LogP contribution in [0, 0.1) is 29.1 Å². The van der Waals surface area contributed by atoms with Crippen molar-refractivity contribution >= 4 is 23.3 Å². The van der Waals surface area contributed by atoms with Gasteiger partial charge in [0.15, 0.2) is 0 Å². The lowest BCUT2D eigenvalue weighted by molar-refractivity contribution is -0.182. The van der Waals surface area contributed by atoms with E-state index in [0.29, 0.717) is 35.6 Å². The van der Waals surface area contributed by atoms with E-state index in [4.69, 9.17) is 9.57 Å². The van der Waals surface area contributed by atoms with Crippen LogP contribution < -0.4 is 20.3 Å². The first-order chi connectivity index (χ1) is 23.2. The van der Waals surface area contributed by atoms with Crippen molar-refractivity contribution < 1.29 is 29.1 Å². The maximum atomic E-state index is 14.1. The van der Waals surface area contributed by atoms with Gasteiger partial charge in [0.1, 0.15) is 23.7 Å². The van der Waals surface area contributed by atoms with E-state index in [-0.39, 0.29) is 35.6 Å². The van der Waals surface area contributed by atoms with E-state index < -0.39 is 24.7 Å². The Labute approximate surface area is 291 Å². The molecular formula is C39H54N4O6. The number of para-hydroxylation sites is 1. The van der Waals surface area contributed by atoms with Gasteiger partial charge < -0.3 is 25.4 Å². The molecule has 0 spiro atoms. The molecule has 6 rings (SSSR count). The van der Waals surface area contributed by atoms with Crippen molar-refractivity contribution in [3.8, 4) is 16.9 Å². The van der Waals surface area contributed by atoms with Crippen molar-refractivity contribution in [2.75, 3.05) is 39.3 Å². The number of rotatable bonds is 13. The number of hydrogen-bond acceptors (Lipinski definition) is 8. The van der Waals surface area contributed by atoms with Crippen LogP contribution in [0.25, 0.3) is 11.1 Å². The first-order valence-electron chi connectivity index (χ1n) is 17.5. The normalized spacial score (nSPS) is 25.9. The summed E-state index contributed by atoms with van der Waals surface area (Å²) in [6.07, 6.45) is 1.93. The summed E-state index contributed by atoms with van der Waals surface area (Å²) in [6.45, 7) is 14.9. The Morgan fingerprint density at radius 2 is 1.90 bits per heavy atom. The highest BCUT2D eigenvalue weighted by atomic mass is 16.7. The van der Waals surface area contributed by atoms with Gasteiger partial charge >= 0.3 is 0 Å². The lowest BCUT2D eigenvalue weighted by Crippen LogP contribution is -2.59. The van der Waals surface area contributed by atoms with Crippen LogP contribution >= 0.6 is 0 Å². The second-order valence-electron chi connectivity index (χ2n) is 15.3. The number of ether oxygens (including phenoxy) is 1. The fraction of sp³-hybridized carbons (Fsp3) is 0.564. The number of anilines is 1. The molecule has 3 saturated carbocycles. The minimum Gasteiger partial charge on any atom is -0.496 e. The van der Waals surface area contributed by atoms with Crippen LogP contribution in [0.4, 0.5) is 5.69 Å². The molecule has 0 radical (unpaired) electrons. The molecule has 10 heteroatoms. The molecule has 1 saturated heterocycles. The average molecular weight is 675 g/mol. The fourth-order valence-electron chi connectivity index (χ4n) is 7.96. The van der Waals surface area contributed by atoms with Crippen LogP contribution in [0.5, 0.6) is 5.75 Å². The third-order valence-electron chi connectivity index (χ3n) is 11.1. The Morgan fingerprint density at radius 1 is 1.16 bits per heavy atom. The van der Waals surface area contributed by atoms with Crippen LogP contribution in [0.15, 0.2) is 48.6 Å². The third-order valence-corrected chi connectivity index (χ3v) is 11.1. The van der Waals surface area contributed by atoms with E-state index >= 15 is 0 Å². The smallest absolute Gasteiger partial charge is 0.251 e. The Bertz CT molecular complexity index is 1590. The van der Waals surface area contributed by atoms with Crippen molar-refractivity contribution in [1.29, 1.82) is 0 Å². The second kappa shape index (κ2) is 14.6. The van der Waals surface area contributed by atoms with E-state index in [1.807, 2.05) is 55.4 Å². The molecule has 10 nitrogen and oxygen atoms in total. The molecule has 0 unspecified atom stereocenters. The predicted octanol–water partition coefficient (Wildman–Crippen LogP) is 4.99. The van der Waals surface area contributed by atoms with Crippen LogP contribution in [-0.4, -0.2) is 80.3 Å². The summed E-state index contributed by atoms with van der Waals surface area (Å²) < 4.78 is 6.00. The largest absolute Gasteiger partial charge is 0.496 e. The molecule has 2 aromatic rings. The summed E-state index contributed by atoms with van der Waals surface area (Å²) in [6, 6.07) is 10.3. The molecule has 2 amide bonds. The van der Waals surface area contributed by atoms with Crippen molar-refractivity contribution in [2.24, 2.45) is 29.1 Å². The van der Waals surface area contributed by atoms with Crippen molar-refractivity contribution in [1.82, 2.24) is 15.7 Å². The van der Waals surface area contributed by atoms with Crippen molar-refractivity contribution in [3.05, 3.63) is 59.7 Å². The van der Waals surface area contributed by atoms with Gasteiger partial charge in [-0.15, -0.1) is 0 Å². The van der Waals surface area contributed by atoms with Gasteiger partial charge in [-0.1, -0.05) is 58.0 Å². The van der Waals surface area contributed by atoms with Gasteiger partial charge in [-0.25, -0.2) is 0 Å². The number of amides is 2. The number of hydroxylamine groups is 2. The first kappa shape index (κ1) is 36.5. The summed E-state index contributed by atoms with van der Waals surface area (Å²) >= 11 is 0. The van der Waals surface area contributed by atoms with Gasteiger partial charge in [-0.3, -0.25) is 19.2 Å². The summed E-state index contributed by atoms with van der Waals surface area (Å²) in [5, 5.41) is 18.0. The SMILES string of the molecule is C=C1[C@@H](NC(=O)[C@@H]2[C@H](C(C)=O)[C@H](CO)ON2Cc2cccc(-c3cc(C(=O)NCCC(C)C)cc(N(C)C)c3)c2OC)C[C@H]2C[C@@H]1C2(C)C. The summed E-state index contributed by atoms with van der Waals surface area (Å²) in [5.41, 5.74) is 4.89. The maximum absolute atomic E-state index is 14.1. The van der Waals surface area contributed by atoms with Gasteiger partial charge in [0.25, 0.3) is 5.91 Å². The molecule has 4 aliphatic rings. The molecule has 1 heterocycles. The average Bonchev–Trinajstić information content (AvgIpc) is 3.43. The maximum Gasteiger partial charge on any atom is 0.251 e. The molecule has 0 aromatic heterocycles. The van der Waals surface area contributed by atoms with Crippen LogP contribution in [-0.2, 0) is 21.0 Å². The molecule has 49 heavy (non-hydrogen) atoms. The quantitative estimate of drug-likeness (QED) is 0.254. The van der Waals surface area contributed by atoms with Crippen LogP contribution in [0.1, 0.15) is 69.8 Å². The number of aliphatic hydroxyl groups is 1. The Morgan fingerprint density at radius 3 is 2.49 bits per heavy atom. The molecule has 2 aromatic carbocycles. The first-order valence-corrected chi connectivity index (χ1v) is 17.5. The number of nitrogens with zero attached hydrogens (tertiary/aromatic N) is 2. The topological polar surface area (TPSA) is 120 Å². The Balaban J connectivity index is 1.45. The van der Waals surface area contributed by atoms with Crippen molar-refractivity contribution in [3.63, 3.8) is 0 Å². The molecule has 6 atom stereocenters. The summed E-state index contributed by atoms with van der Waals surface area (Å²) in [7, 11) is 5.44. The number of hydrogen-bond donors (Lipinski definition) is 3. The zero-order chi connectivity index (χ0) is 35.8. The third kappa shape index (κ3) is 7.28. The highest BCUT2D eigenvalue weighted by molar-refractivity contribution is 5.97. The lowest BCUT2D eigenvalue weighted by atomic mass is 9.46. The summed E-state index contributed by atoms with van der Waals surface area (Å²) in [5.74, 6) is 0.347. The number of carbonyl (C=O) groups is 3. The van der Waals surface area contributed by atoms with Crippen LogP contribution in [0.3, 0.4) is 0 Å². The van der Waals surface area contributed by atoms with E-state index in [1.165, 1.54) is 12.0 Å². The molecule has 266 valence electrons. The van der Waals surface area contributed by atoms with E-state index in [2.05, 4.69) is 44.9 Å². The number of ketones is 1. The second-order valence-corrected chi connectivity index (χ2v) is 15.3. The number of Topliss-reactive ketones (excluding diaryl/α,β-unsaturated/α-hetero) is 1. The Hall–Kier alpha value is -3.73. The van der Waals surface area contributed by atoms with E-state index in [9.17, 15) is 19.5 Å². The van der Waals surface area contributed by atoms with Crippen LogP contribution in [0.2, 0.25) is 0 Å². The minimum absolute atomic E-state index is 0.120. The van der Waals surface area contributed by atoms with Gasteiger partial charge in [0, 0.05) is 43.0 Å². The number of aliphatic hydroxyl groups excluding tert-OH is 1. The van der Waals surface area contributed by atoms with E-state index in [0.717, 1.165) is 47.2 Å². The molecule has 3 N–H and O–H groups in total. The van der Waals surface area contributed by atoms with Crippen molar-refractivity contribution in [2.45, 2.75) is 78.6 Å². The zero-order valence-corrected chi connectivity index (χ0v) is 30.3. The van der Waals surface area contributed by atoms with Gasteiger partial charge in [-0.2, -0.15) is 5.06 Å². The standard InChI is InChI=1S/C39H54N4O6/c1-22(2)13-14-40-37(46)27-15-26(16-29(17-27)42(7)8)30-12-10-11-25(36(30)48-9)20-43-35(34(24(4)45)33(21-44)49-43)38(47)41-32-19-28-18-31(23(32)3)39(28,5)6/h10-12,15-17,22,28,31-35,44H,3,13-14,18-21H2,1-2,4-9H3,(H,40,46)(H,41,47)/t28-,31+,32+,33+,34-,35+/m1/s1. The number of methoxy groups -OCH3 is 1. The summed E-state index contributed by atoms with van der Waals surface area (Å²) in [4.78, 5) is 48.4. The predicted molar refractivity (Wildman–Crippen MR) is 191 cm³/mol. The fourth-order valence-corrected chi connectivity index (χ4v) is 7.96. The highest BCUT2D eigenvalue weighted by Gasteiger charge is 2.56. The molecule has 3 aliphatic carbocycles. The number of fused-ring (bicyclic) bond motifs is 2. The number of nitrogens with one attached hydrogen (secondary N) is 2. The molecule has 4 fully saturated rings. The molecule has 1 aliphatic heterocycles. The minimum atomic E-state index is -0.958. The molecule has 2 bridgehead atoms. The van der Waals surface area contributed by atoms with Gasteiger partial charge in [-0.05, 0) is 73.1 Å². The molecular weight excluding hydrogens is 620 g/mol. The zero-order valence-electron chi connectivity index (χ0n) is 30.3.